The quantitative estimate of drug-likeness (QED) is 0.0808. The highest BCUT2D eigenvalue weighted by Gasteiger charge is 2.16. The molecule has 18 nitrogen and oxygen atoms in total. The number of aryl methyl sites for hydroxylation is 6. The summed E-state index contributed by atoms with van der Waals surface area (Å²) in [5.41, 5.74) is 67.7. The molecule has 6 aromatic heterocycles. The molecule has 0 unspecified atom stereocenters. The Hall–Kier alpha value is -14.5. The fraction of sp³-hybridized carbons (Fsp3) is 0.0625. The summed E-state index contributed by atoms with van der Waals surface area (Å²) in [6.45, 7) is 11.8. The smallest absolute Gasteiger partial charge is 0.123 e. The molecule has 118 heavy (non-hydrogen) atoms. The van der Waals surface area contributed by atoms with Crippen molar-refractivity contribution in [2.45, 2.75) is 41.5 Å². The molecule has 0 amide bonds. The van der Waals surface area contributed by atoms with Crippen molar-refractivity contribution in [3.8, 4) is 78.7 Å². The molecule has 0 bridgehead atoms. The Morgan fingerprint density at radius 1 is 0.229 bits per heavy atom. The van der Waals surface area contributed by atoms with Crippen molar-refractivity contribution in [1.29, 1.82) is 0 Å². The molecule has 19 aromatic rings. The SMILES string of the molecule is Cc1ccc(-c2nc3cc(N)ccc3nc2C)cc1.Cc1nc2ccc(N)cc2nc1-c1ccc(-c2ccccc2)cc1.Cc1nc2ccc(N)cc2nc1-c1ccc(Cl)c(Cl)c1.Cc1nc2ccc(N)cc2nc1-c1ccc(Cl)cc1.Cc1nc2ccc(N)cc2nc1-c1ccc(F)cc1.Nc1ccc2nc(-c3ccccc3)cnc2c1. The molecule has 0 atom stereocenters. The van der Waals surface area contributed by atoms with Gasteiger partial charge in [-0.05, 0) is 210 Å². The normalized spacial score (nSPS) is 10.8. The van der Waals surface area contributed by atoms with Crippen LogP contribution >= 0.6 is 34.8 Å². The number of nitrogen functional groups attached to an aromatic ring is 6. The van der Waals surface area contributed by atoms with E-state index < -0.39 is 0 Å². The minimum Gasteiger partial charge on any atom is -0.399 e. The van der Waals surface area contributed by atoms with Gasteiger partial charge in [0.2, 0.25) is 0 Å². The monoisotopic (exact) mass is 1610 g/mol. The second kappa shape index (κ2) is 35.9. The molecule has 0 aliphatic rings. The Morgan fingerprint density at radius 2 is 0.508 bits per heavy atom. The summed E-state index contributed by atoms with van der Waals surface area (Å²) >= 11 is 17.9. The van der Waals surface area contributed by atoms with Crippen molar-refractivity contribution in [3.63, 3.8) is 0 Å². The van der Waals surface area contributed by atoms with Crippen molar-refractivity contribution in [3.05, 3.63) is 346 Å². The fourth-order valence-corrected chi connectivity index (χ4v) is 13.4. The van der Waals surface area contributed by atoms with Gasteiger partial charge >= 0.3 is 0 Å². The number of anilines is 6. The van der Waals surface area contributed by atoms with Crippen LogP contribution in [0.2, 0.25) is 15.1 Å². The summed E-state index contributed by atoms with van der Waals surface area (Å²) in [4.78, 5) is 55.1. The molecule has 12 N–H and O–H groups in total. The maximum atomic E-state index is 13.0. The van der Waals surface area contributed by atoms with E-state index >= 15 is 0 Å². The number of nitrogens with two attached hydrogens (primary N) is 6. The predicted octanol–water partition coefficient (Wildman–Crippen LogP) is 22.9. The summed E-state index contributed by atoms with van der Waals surface area (Å²) in [6.07, 6.45) is 1.77. The molecule has 22 heteroatoms. The van der Waals surface area contributed by atoms with E-state index in [-0.39, 0.29) is 5.82 Å². The maximum Gasteiger partial charge on any atom is 0.123 e. The number of hydrogen-bond donors (Lipinski definition) is 6. The zero-order valence-corrected chi connectivity index (χ0v) is 67.3. The number of rotatable bonds is 7. The molecule has 6 heterocycles. The topological polar surface area (TPSA) is 311 Å². The third-order valence-electron chi connectivity index (χ3n) is 19.0. The van der Waals surface area contributed by atoms with Crippen molar-refractivity contribution in [2.24, 2.45) is 0 Å². The molecule has 0 spiro atoms. The van der Waals surface area contributed by atoms with E-state index in [1.54, 1.807) is 42.6 Å². The van der Waals surface area contributed by atoms with Crippen molar-refractivity contribution in [2.75, 3.05) is 34.4 Å². The Morgan fingerprint density at radius 3 is 0.864 bits per heavy atom. The lowest BCUT2D eigenvalue weighted by atomic mass is 10.0. The molecule has 0 radical (unpaired) electrons. The first-order chi connectivity index (χ1) is 57.0. The van der Waals surface area contributed by atoms with Gasteiger partial charge in [-0.15, -0.1) is 0 Å². The highest BCUT2D eigenvalue weighted by atomic mass is 35.5. The standard InChI is InChI=1S/C21H17N3.C16H15N3.C15H11Cl2N3.C15H12ClN3.C15H12FN3.C14H11N3/c1-14-21(24-20-13-18(22)11-12-19(20)23-14)17-9-7-16(8-10-17)15-5-3-2-4-6-15;1-10-3-5-12(6-4-10)16-11(2)18-14-8-7-13(17)9-15(14)19-16;1-8-15(9-2-4-11(16)12(17)6-9)20-14-7-10(18)3-5-13(14)19-8;2*1-9-15(10-2-4-11(16)5-3-10)19-14-8-12(17)6-7-13(14)18-9;15-11-6-7-12-13(8-11)16-9-14(17-12)10-4-2-1-3-5-10/h2-13H,22H2,1H3;3-9H,17H2,1-2H3;2-7H,18H2,1H3;2*2-8H,17H2,1H3;1-9H,15H2. The van der Waals surface area contributed by atoms with Crippen molar-refractivity contribution >= 4 is 135 Å². The van der Waals surface area contributed by atoms with Crippen LogP contribution in [-0.2, 0) is 0 Å². The van der Waals surface area contributed by atoms with Gasteiger partial charge < -0.3 is 34.4 Å². The summed E-state index contributed by atoms with van der Waals surface area (Å²) in [5.74, 6) is -0.264. The van der Waals surface area contributed by atoms with E-state index in [1.807, 2.05) is 211 Å². The van der Waals surface area contributed by atoms with E-state index in [0.717, 1.165) is 162 Å². The Bertz CT molecular complexity index is 6560. The molecule has 19 rings (SSSR count). The summed E-state index contributed by atoms with van der Waals surface area (Å²) in [6, 6.07) is 89.6. The van der Waals surface area contributed by atoms with Gasteiger partial charge in [-0.1, -0.05) is 168 Å². The lowest BCUT2D eigenvalue weighted by molar-refractivity contribution is 0.628. The van der Waals surface area contributed by atoms with Gasteiger partial charge in [0.15, 0.2) is 0 Å². The molecule has 0 saturated heterocycles. The zero-order chi connectivity index (χ0) is 82.7. The second-order valence-electron chi connectivity index (χ2n) is 27.9. The van der Waals surface area contributed by atoms with E-state index in [2.05, 4.69) is 117 Å². The van der Waals surface area contributed by atoms with Crippen LogP contribution in [0.25, 0.3) is 145 Å². The lowest BCUT2D eigenvalue weighted by Gasteiger charge is -2.08. The van der Waals surface area contributed by atoms with Gasteiger partial charge in [0.05, 0.1) is 145 Å². The lowest BCUT2D eigenvalue weighted by Crippen LogP contribution is -1.95. The Kier molecular flexibility index (Phi) is 24.4. The zero-order valence-electron chi connectivity index (χ0n) is 65.1. The van der Waals surface area contributed by atoms with E-state index in [4.69, 9.17) is 79.2 Å². The van der Waals surface area contributed by atoms with Gasteiger partial charge in [0.1, 0.15) is 5.82 Å². The molecule has 0 aliphatic carbocycles. The summed E-state index contributed by atoms with van der Waals surface area (Å²) in [5, 5.41) is 1.73. The van der Waals surface area contributed by atoms with Gasteiger partial charge in [-0.3, -0.25) is 4.98 Å². The predicted molar refractivity (Wildman–Crippen MR) is 485 cm³/mol. The first-order valence-corrected chi connectivity index (χ1v) is 38.6. The summed E-state index contributed by atoms with van der Waals surface area (Å²) < 4.78 is 13.0. The van der Waals surface area contributed by atoms with Crippen molar-refractivity contribution < 1.29 is 4.39 Å². The van der Waals surface area contributed by atoms with Gasteiger partial charge in [-0.2, -0.15) is 0 Å². The number of hydrogen-bond acceptors (Lipinski definition) is 18. The minimum absolute atomic E-state index is 0.264. The fourth-order valence-electron chi connectivity index (χ4n) is 13.0. The van der Waals surface area contributed by atoms with Crippen LogP contribution in [0.1, 0.15) is 34.0 Å². The van der Waals surface area contributed by atoms with Crippen LogP contribution in [0.3, 0.4) is 0 Å². The number of nitrogens with zero attached hydrogens (tertiary/aromatic N) is 12. The highest BCUT2D eigenvalue weighted by molar-refractivity contribution is 6.42. The number of aromatic nitrogens is 12. The average molecular weight is 1610 g/mol. The summed E-state index contributed by atoms with van der Waals surface area (Å²) in [7, 11) is 0. The van der Waals surface area contributed by atoms with Crippen LogP contribution in [0.5, 0.6) is 0 Å². The molecule has 580 valence electrons. The molecule has 0 saturated carbocycles. The maximum absolute atomic E-state index is 13.0. The largest absolute Gasteiger partial charge is 0.399 e. The van der Waals surface area contributed by atoms with Crippen LogP contribution in [0.15, 0.2) is 291 Å². The third kappa shape index (κ3) is 19.5. The van der Waals surface area contributed by atoms with Gasteiger partial charge in [0, 0.05) is 72.5 Å². The number of fused-ring (bicyclic) bond motifs is 6. The highest BCUT2D eigenvalue weighted by Crippen LogP contribution is 2.34. The van der Waals surface area contributed by atoms with E-state index in [1.165, 1.54) is 28.8 Å². The van der Waals surface area contributed by atoms with Crippen molar-refractivity contribution in [1.82, 2.24) is 59.8 Å². The van der Waals surface area contributed by atoms with Crippen LogP contribution < -0.4 is 34.4 Å². The molecule has 13 aromatic carbocycles. The average Bonchev–Trinajstić information content (AvgIpc) is 0.810. The van der Waals surface area contributed by atoms with Gasteiger partial charge in [0.25, 0.3) is 0 Å². The molecular weight excluding hydrogens is 1530 g/mol. The van der Waals surface area contributed by atoms with Crippen LogP contribution in [-0.4, -0.2) is 59.8 Å². The molecule has 0 fully saturated rings. The first kappa shape index (κ1) is 80.1. The van der Waals surface area contributed by atoms with E-state index in [0.29, 0.717) is 49.2 Å². The van der Waals surface area contributed by atoms with Crippen LogP contribution in [0.4, 0.5) is 38.5 Å². The van der Waals surface area contributed by atoms with E-state index in [9.17, 15) is 4.39 Å². The Balaban J connectivity index is 0.000000117. The molecule has 0 aliphatic heterocycles. The third-order valence-corrected chi connectivity index (χ3v) is 20.0. The van der Waals surface area contributed by atoms with Gasteiger partial charge in [-0.25, -0.2) is 59.2 Å². The molecular formula is C96H78Cl3FN18. The van der Waals surface area contributed by atoms with Crippen LogP contribution in [0, 0.1) is 47.4 Å². The number of benzene rings is 13. The minimum atomic E-state index is -0.264. The number of halogens is 4. The first-order valence-electron chi connectivity index (χ1n) is 37.5. The second-order valence-corrected chi connectivity index (χ2v) is 29.1. The Labute approximate surface area is 695 Å².